The smallest absolute Gasteiger partial charge is 0.339 e. The van der Waals surface area contributed by atoms with Gasteiger partial charge in [0.25, 0.3) is 0 Å². The Morgan fingerprint density at radius 1 is 1.14 bits per heavy atom. The van der Waals surface area contributed by atoms with Crippen LogP contribution in [0.15, 0.2) is 59.1 Å². The van der Waals surface area contributed by atoms with E-state index in [1.807, 2.05) is 32.9 Å². The normalized spacial score (nSPS) is 22.6. The Bertz CT molecular complexity index is 1440. The second-order valence-corrected chi connectivity index (χ2v) is 11.0. The fraction of sp³-hybridized carbons (Fsp3) is 0.296. The number of hydrogen-bond acceptors (Lipinski definition) is 6. The molecule has 186 valence electrons. The van der Waals surface area contributed by atoms with Crippen LogP contribution in [0.1, 0.15) is 37.8 Å². The minimum atomic E-state index is -1.76. The van der Waals surface area contributed by atoms with Crippen molar-refractivity contribution < 1.29 is 19.1 Å². The van der Waals surface area contributed by atoms with E-state index in [1.165, 1.54) is 7.11 Å². The lowest BCUT2D eigenvalue weighted by Gasteiger charge is -2.47. The summed E-state index contributed by atoms with van der Waals surface area (Å²) in [5.74, 6) is -1.63. The van der Waals surface area contributed by atoms with Crippen LogP contribution >= 0.6 is 23.2 Å². The fourth-order valence-corrected chi connectivity index (χ4v) is 6.07. The van der Waals surface area contributed by atoms with Gasteiger partial charge < -0.3 is 15.8 Å². The molecule has 0 saturated carbocycles. The zero-order valence-corrected chi connectivity index (χ0v) is 21.8. The first kappa shape index (κ1) is 24.4. The maximum atomic E-state index is 14.0. The van der Waals surface area contributed by atoms with E-state index in [0.29, 0.717) is 29.1 Å². The number of amides is 1. The van der Waals surface area contributed by atoms with E-state index in [9.17, 15) is 14.4 Å². The highest BCUT2D eigenvalue weighted by Gasteiger charge is 2.63. The van der Waals surface area contributed by atoms with E-state index in [-0.39, 0.29) is 39.2 Å². The maximum absolute atomic E-state index is 14.0. The molecule has 3 aliphatic rings. The van der Waals surface area contributed by atoms with Crippen molar-refractivity contribution in [2.45, 2.75) is 39.0 Å². The number of methoxy groups -OCH3 is 1. The van der Waals surface area contributed by atoms with E-state index in [4.69, 9.17) is 33.7 Å². The third kappa shape index (κ3) is 3.22. The monoisotopic (exact) mass is 525 g/mol. The minimum Gasteiger partial charge on any atom is -0.466 e. The number of allylic oxidation sites excluding steroid dienone is 1. The van der Waals surface area contributed by atoms with Gasteiger partial charge in [-0.05, 0) is 37.0 Å². The van der Waals surface area contributed by atoms with Crippen molar-refractivity contribution in [3.05, 3.63) is 80.2 Å². The van der Waals surface area contributed by atoms with Crippen LogP contribution in [0.25, 0.3) is 0 Å². The second kappa shape index (κ2) is 8.11. The Morgan fingerprint density at radius 2 is 1.86 bits per heavy atom. The topological polar surface area (TPSA) is 102 Å². The Labute approximate surface area is 218 Å². The number of nitrogens with one attached hydrogen (secondary N) is 1. The molecule has 1 atom stereocenters. The third-order valence-corrected chi connectivity index (χ3v) is 7.91. The van der Waals surface area contributed by atoms with E-state index in [2.05, 4.69) is 5.32 Å². The summed E-state index contributed by atoms with van der Waals surface area (Å²) in [4.78, 5) is 43.0. The van der Waals surface area contributed by atoms with Crippen molar-refractivity contribution in [3.8, 4) is 0 Å². The number of anilines is 2. The lowest BCUT2D eigenvalue weighted by atomic mass is 9.60. The zero-order valence-electron chi connectivity index (χ0n) is 20.3. The first-order valence-electron chi connectivity index (χ1n) is 11.5. The molecule has 2 aliphatic heterocycles. The van der Waals surface area contributed by atoms with Crippen LogP contribution in [0.4, 0.5) is 11.4 Å². The number of nitrogens with zero attached hydrogens (tertiary/aromatic N) is 1. The molecule has 1 spiro atoms. The number of halogens is 2. The summed E-state index contributed by atoms with van der Waals surface area (Å²) in [5, 5.41) is 3.36. The fourth-order valence-electron chi connectivity index (χ4n) is 5.69. The number of hydrogen-bond donors (Lipinski definition) is 2. The van der Waals surface area contributed by atoms with Crippen LogP contribution in [-0.4, -0.2) is 24.8 Å². The van der Waals surface area contributed by atoms with E-state index < -0.39 is 22.7 Å². The summed E-state index contributed by atoms with van der Waals surface area (Å²) < 4.78 is 5.16. The van der Waals surface area contributed by atoms with Crippen LogP contribution in [0.2, 0.25) is 10.0 Å². The van der Waals surface area contributed by atoms with Crippen molar-refractivity contribution >= 4 is 52.2 Å². The predicted molar refractivity (Wildman–Crippen MR) is 139 cm³/mol. The number of aryl methyl sites for hydroxylation is 1. The third-order valence-electron chi connectivity index (χ3n) is 7.10. The van der Waals surface area contributed by atoms with Gasteiger partial charge in [-0.15, -0.1) is 0 Å². The van der Waals surface area contributed by atoms with Gasteiger partial charge in [0.05, 0.1) is 22.8 Å². The predicted octanol–water partition coefficient (Wildman–Crippen LogP) is 5.00. The summed E-state index contributed by atoms with van der Waals surface area (Å²) in [7, 11) is 1.22. The van der Waals surface area contributed by atoms with Crippen molar-refractivity contribution in [1.29, 1.82) is 0 Å². The van der Waals surface area contributed by atoms with Crippen LogP contribution in [0.5, 0.6) is 0 Å². The first-order valence-corrected chi connectivity index (χ1v) is 12.2. The number of fused-ring (bicyclic) bond motifs is 3. The molecule has 7 nitrogen and oxygen atoms in total. The maximum Gasteiger partial charge on any atom is 0.339 e. The zero-order chi connectivity index (χ0) is 26.2. The van der Waals surface area contributed by atoms with Gasteiger partial charge in [0, 0.05) is 28.9 Å². The van der Waals surface area contributed by atoms with Crippen molar-refractivity contribution in [2.24, 2.45) is 11.1 Å². The minimum absolute atomic E-state index is 0.0419. The molecule has 0 aromatic heterocycles. The lowest BCUT2D eigenvalue weighted by Crippen LogP contribution is -2.54. The van der Waals surface area contributed by atoms with Gasteiger partial charge in [0.2, 0.25) is 5.91 Å². The molecule has 2 aromatic carbocycles. The van der Waals surface area contributed by atoms with E-state index in [0.717, 1.165) is 5.56 Å². The highest BCUT2D eigenvalue weighted by atomic mass is 35.5. The highest BCUT2D eigenvalue weighted by Crippen LogP contribution is 2.58. The number of rotatable bonds is 2. The molecule has 5 rings (SSSR count). The molecule has 1 amide bonds. The van der Waals surface area contributed by atoms with Crippen LogP contribution in [0, 0.1) is 12.3 Å². The van der Waals surface area contributed by atoms with Gasteiger partial charge in [-0.3, -0.25) is 14.5 Å². The highest BCUT2D eigenvalue weighted by molar-refractivity contribution is 6.43. The number of ketones is 1. The van der Waals surface area contributed by atoms with Gasteiger partial charge in [-0.25, -0.2) is 4.79 Å². The standard InChI is InChI=1S/C27H25Cl2N3O4/c1-13-8-9-16-14(10-13)27(25(35)31-16)20-18(11-26(2,3)12-19(20)33)32(23(30)21(27)24(34)36-4)17-7-5-6-15(28)22(17)29/h5-10H,11-12,30H2,1-4H3,(H,31,35). The number of benzene rings is 2. The molecule has 0 saturated heterocycles. The van der Waals surface area contributed by atoms with Crippen molar-refractivity contribution in [3.63, 3.8) is 0 Å². The molecular weight excluding hydrogens is 501 g/mol. The summed E-state index contributed by atoms with van der Waals surface area (Å²) in [6, 6.07) is 10.5. The molecule has 2 aromatic rings. The Morgan fingerprint density at radius 3 is 2.56 bits per heavy atom. The average molecular weight is 526 g/mol. The molecule has 0 fully saturated rings. The van der Waals surface area contributed by atoms with E-state index >= 15 is 0 Å². The van der Waals surface area contributed by atoms with Gasteiger partial charge in [-0.1, -0.05) is 60.8 Å². The number of ether oxygens (including phenoxy) is 1. The molecule has 2 heterocycles. The van der Waals surface area contributed by atoms with Crippen LogP contribution < -0.4 is 16.0 Å². The summed E-state index contributed by atoms with van der Waals surface area (Å²) in [6.45, 7) is 5.83. The van der Waals surface area contributed by atoms with Crippen LogP contribution in [0.3, 0.4) is 0 Å². The quantitative estimate of drug-likeness (QED) is 0.535. The number of nitrogens with two attached hydrogens (primary N) is 1. The summed E-state index contributed by atoms with van der Waals surface area (Å²) in [5.41, 5.74) is 7.43. The Balaban J connectivity index is 1.96. The second-order valence-electron chi connectivity index (χ2n) is 10.2. The van der Waals surface area contributed by atoms with Crippen LogP contribution in [-0.2, 0) is 24.5 Å². The summed E-state index contributed by atoms with van der Waals surface area (Å²) >= 11 is 13.0. The number of carbonyl (C=O) groups is 3. The average Bonchev–Trinajstić information content (AvgIpc) is 3.06. The first-order chi connectivity index (χ1) is 16.9. The van der Waals surface area contributed by atoms with Gasteiger partial charge in [-0.2, -0.15) is 0 Å². The van der Waals surface area contributed by atoms with Gasteiger partial charge in [0.15, 0.2) is 5.78 Å². The van der Waals surface area contributed by atoms with Gasteiger partial charge in [0.1, 0.15) is 16.8 Å². The number of Topliss-reactive ketones (excluding diaryl/α,β-unsaturated/α-hetero) is 1. The number of carbonyl (C=O) groups excluding carboxylic acids is 3. The molecule has 1 aliphatic carbocycles. The molecular formula is C27H25Cl2N3O4. The van der Waals surface area contributed by atoms with E-state index in [1.54, 1.807) is 29.2 Å². The number of esters is 1. The Kier molecular flexibility index (Phi) is 5.50. The largest absolute Gasteiger partial charge is 0.466 e. The molecule has 1 unspecified atom stereocenters. The SMILES string of the molecule is COC(=O)C1=C(N)N(c2cccc(Cl)c2Cl)C2=C(C(=O)CC(C)(C)C2)C12C(=O)Nc1ccc(C)cc12. The van der Waals surface area contributed by atoms with Crippen molar-refractivity contribution in [1.82, 2.24) is 0 Å². The molecule has 3 N–H and O–H groups in total. The van der Waals surface area contributed by atoms with Gasteiger partial charge >= 0.3 is 5.97 Å². The molecule has 0 radical (unpaired) electrons. The molecule has 0 bridgehead atoms. The summed E-state index contributed by atoms with van der Waals surface area (Å²) in [6.07, 6.45) is 0.593. The lowest BCUT2D eigenvalue weighted by molar-refractivity contribution is -0.138. The Hall–Kier alpha value is -3.29. The van der Waals surface area contributed by atoms with Crippen molar-refractivity contribution in [2.75, 3.05) is 17.3 Å². The molecule has 36 heavy (non-hydrogen) atoms. The molecule has 9 heteroatoms.